The van der Waals surface area contributed by atoms with E-state index in [2.05, 4.69) is 21.2 Å². The van der Waals surface area contributed by atoms with E-state index >= 15 is 0 Å². The molecule has 1 N–H and O–H groups in total. The second-order valence-corrected chi connectivity index (χ2v) is 7.71. The van der Waals surface area contributed by atoms with E-state index in [-0.39, 0.29) is 15.5 Å². The third-order valence-corrected chi connectivity index (χ3v) is 4.68. The lowest BCUT2D eigenvalue weighted by Crippen LogP contribution is -2.13. The molecule has 0 unspecified atom stereocenters. The van der Waals surface area contributed by atoms with Crippen molar-refractivity contribution in [3.8, 4) is 0 Å². The van der Waals surface area contributed by atoms with Crippen LogP contribution in [0.4, 0.5) is 5.69 Å². The fourth-order valence-corrected chi connectivity index (χ4v) is 2.76. The number of rotatable bonds is 3. The number of amides is 1. The van der Waals surface area contributed by atoms with Crippen molar-refractivity contribution in [1.82, 2.24) is 0 Å². The minimum atomic E-state index is -3.40. The molecule has 0 fully saturated rings. The van der Waals surface area contributed by atoms with E-state index in [4.69, 9.17) is 11.6 Å². The van der Waals surface area contributed by atoms with Crippen molar-refractivity contribution < 1.29 is 13.2 Å². The summed E-state index contributed by atoms with van der Waals surface area (Å²) < 4.78 is 24.0. The summed E-state index contributed by atoms with van der Waals surface area (Å²) in [5.41, 5.74) is 0.700. The molecule has 0 spiro atoms. The normalized spacial score (nSPS) is 11.2. The lowest BCUT2D eigenvalue weighted by Gasteiger charge is -2.08. The summed E-state index contributed by atoms with van der Waals surface area (Å²) in [7, 11) is -3.40. The molecule has 21 heavy (non-hydrogen) atoms. The van der Waals surface area contributed by atoms with Crippen molar-refractivity contribution in [1.29, 1.82) is 0 Å². The van der Waals surface area contributed by atoms with Gasteiger partial charge in [-0.1, -0.05) is 27.5 Å². The first-order valence-corrected chi connectivity index (χ1v) is 8.90. The highest BCUT2D eigenvalue weighted by Crippen LogP contribution is 2.22. The van der Waals surface area contributed by atoms with Crippen LogP contribution in [0.2, 0.25) is 5.02 Å². The minimum absolute atomic E-state index is 0.0489. The number of hydrogen-bond acceptors (Lipinski definition) is 3. The Bertz CT molecular complexity index is 788. The molecule has 0 aliphatic carbocycles. The van der Waals surface area contributed by atoms with Gasteiger partial charge in [-0.25, -0.2) is 8.42 Å². The van der Waals surface area contributed by atoms with Crippen molar-refractivity contribution in [2.75, 3.05) is 11.6 Å². The maximum absolute atomic E-state index is 12.2. The van der Waals surface area contributed by atoms with Gasteiger partial charge in [-0.3, -0.25) is 4.79 Å². The van der Waals surface area contributed by atoms with Gasteiger partial charge in [0.05, 0.1) is 15.5 Å². The third kappa shape index (κ3) is 4.06. The summed E-state index contributed by atoms with van der Waals surface area (Å²) in [6.07, 6.45) is 1.08. The number of carbonyl (C=O) groups is 1. The van der Waals surface area contributed by atoms with Crippen LogP contribution in [0.15, 0.2) is 51.8 Å². The molecule has 0 saturated heterocycles. The van der Waals surface area contributed by atoms with Gasteiger partial charge in [-0.2, -0.15) is 0 Å². The minimum Gasteiger partial charge on any atom is -0.322 e. The molecule has 2 aromatic rings. The van der Waals surface area contributed by atoms with Crippen molar-refractivity contribution in [3.05, 3.63) is 57.5 Å². The molecule has 0 aliphatic heterocycles. The number of hydrogen-bond donors (Lipinski definition) is 1. The summed E-state index contributed by atoms with van der Waals surface area (Å²) in [4.78, 5) is 12.2. The monoisotopic (exact) mass is 387 g/mol. The Kier molecular flexibility index (Phi) is 4.70. The first kappa shape index (κ1) is 16.0. The second-order valence-electron chi connectivity index (χ2n) is 4.37. The number of anilines is 1. The molecule has 7 heteroatoms. The first-order valence-electron chi connectivity index (χ1n) is 5.84. The number of carbonyl (C=O) groups excluding carboxylic acids is 1. The van der Waals surface area contributed by atoms with Crippen LogP contribution in [0, 0.1) is 0 Å². The fraction of sp³-hybridized carbons (Fsp3) is 0.0714. The van der Waals surface area contributed by atoms with E-state index < -0.39 is 15.7 Å². The zero-order valence-corrected chi connectivity index (χ0v) is 14.1. The molecule has 4 nitrogen and oxygen atoms in total. The van der Waals surface area contributed by atoms with E-state index in [0.717, 1.165) is 10.7 Å². The lowest BCUT2D eigenvalue weighted by molar-refractivity contribution is 0.102. The van der Waals surface area contributed by atoms with Gasteiger partial charge in [0.25, 0.3) is 5.91 Å². The first-order chi connectivity index (χ1) is 9.77. The quantitative estimate of drug-likeness (QED) is 0.871. The second kappa shape index (κ2) is 6.17. The summed E-state index contributed by atoms with van der Waals surface area (Å²) in [5, 5.41) is 2.86. The van der Waals surface area contributed by atoms with Gasteiger partial charge < -0.3 is 5.32 Å². The van der Waals surface area contributed by atoms with E-state index in [0.29, 0.717) is 5.69 Å². The Hall–Kier alpha value is -1.37. The average Bonchev–Trinajstić information content (AvgIpc) is 2.40. The molecule has 0 atom stereocenters. The molecule has 0 saturated carbocycles. The van der Waals surface area contributed by atoms with Crippen molar-refractivity contribution in [2.45, 2.75) is 4.90 Å². The molecule has 2 aromatic carbocycles. The predicted octanol–water partition coefficient (Wildman–Crippen LogP) is 3.76. The molecule has 0 radical (unpaired) electrons. The van der Waals surface area contributed by atoms with E-state index in [9.17, 15) is 13.2 Å². The number of nitrogens with one attached hydrogen (secondary N) is 1. The predicted molar refractivity (Wildman–Crippen MR) is 86.7 cm³/mol. The molecule has 0 aromatic heterocycles. The van der Waals surface area contributed by atoms with Gasteiger partial charge >= 0.3 is 0 Å². The zero-order valence-electron chi connectivity index (χ0n) is 10.9. The summed E-state index contributed by atoms with van der Waals surface area (Å²) >= 11 is 9.27. The Labute approximate surface area is 136 Å². The van der Waals surface area contributed by atoms with Gasteiger partial charge in [0, 0.05) is 16.4 Å². The molecule has 1 amide bonds. The Balaban J connectivity index is 2.32. The molecular formula is C14H11BrClNO3S. The van der Waals surface area contributed by atoms with Gasteiger partial charge in [-0.05, 0) is 42.5 Å². The smallest absolute Gasteiger partial charge is 0.257 e. The Morgan fingerprint density at radius 1 is 1.14 bits per heavy atom. The summed E-state index contributed by atoms with van der Waals surface area (Å²) in [6.45, 7) is 0. The highest BCUT2D eigenvalue weighted by atomic mass is 79.9. The summed E-state index contributed by atoms with van der Waals surface area (Å²) in [5.74, 6) is -0.465. The van der Waals surface area contributed by atoms with Crippen molar-refractivity contribution in [3.63, 3.8) is 0 Å². The van der Waals surface area contributed by atoms with Crippen LogP contribution in [0.25, 0.3) is 0 Å². The van der Waals surface area contributed by atoms with Crippen LogP contribution in [0.1, 0.15) is 10.4 Å². The number of sulfone groups is 1. The van der Waals surface area contributed by atoms with Gasteiger partial charge in [0.15, 0.2) is 9.84 Å². The van der Waals surface area contributed by atoms with Gasteiger partial charge in [0.2, 0.25) is 0 Å². The average molecular weight is 389 g/mol. The highest BCUT2D eigenvalue weighted by molar-refractivity contribution is 9.10. The number of halogens is 2. The van der Waals surface area contributed by atoms with E-state index in [1.807, 2.05) is 0 Å². The molecule has 0 aliphatic rings. The molecule has 0 bridgehead atoms. The molecular weight excluding hydrogens is 378 g/mol. The van der Waals surface area contributed by atoms with Crippen LogP contribution in [-0.4, -0.2) is 20.6 Å². The maximum atomic E-state index is 12.2. The van der Waals surface area contributed by atoms with Crippen LogP contribution >= 0.6 is 27.5 Å². The van der Waals surface area contributed by atoms with E-state index in [1.54, 1.807) is 24.3 Å². The number of benzene rings is 2. The van der Waals surface area contributed by atoms with Crippen LogP contribution in [-0.2, 0) is 9.84 Å². The molecule has 2 rings (SSSR count). The largest absolute Gasteiger partial charge is 0.322 e. The van der Waals surface area contributed by atoms with E-state index in [1.165, 1.54) is 18.2 Å². The van der Waals surface area contributed by atoms with Gasteiger partial charge in [0.1, 0.15) is 0 Å². The van der Waals surface area contributed by atoms with Crippen molar-refractivity contribution in [2.24, 2.45) is 0 Å². The third-order valence-electron chi connectivity index (χ3n) is 2.71. The lowest BCUT2D eigenvalue weighted by atomic mass is 10.2. The van der Waals surface area contributed by atoms with Gasteiger partial charge in [-0.15, -0.1) is 0 Å². The Morgan fingerprint density at radius 3 is 2.33 bits per heavy atom. The van der Waals surface area contributed by atoms with Crippen molar-refractivity contribution >= 4 is 49.0 Å². The highest BCUT2D eigenvalue weighted by Gasteiger charge is 2.15. The zero-order chi connectivity index (χ0) is 15.6. The topological polar surface area (TPSA) is 63.2 Å². The maximum Gasteiger partial charge on any atom is 0.257 e. The van der Waals surface area contributed by atoms with Crippen LogP contribution < -0.4 is 5.32 Å². The van der Waals surface area contributed by atoms with Crippen LogP contribution in [0.5, 0.6) is 0 Å². The molecule has 110 valence electrons. The summed E-state index contributed by atoms with van der Waals surface area (Å²) in [6, 6.07) is 11.0. The Morgan fingerprint density at radius 2 is 1.76 bits per heavy atom. The van der Waals surface area contributed by atoms with Crippen LogP contribution in [0.3, 0.4) is 0 Å². The molecule has 0 heterocycles. The SMILES string of the molecule is CS(=O)(=O)c1ccc(Cl)c(C(=O)Nc2ccc(Br)cc2)c1. The standard InChI is InChI=1S/C14H11BrClNO3S/c1-21(19,20)11-6-7-13(16)12(8-11)14(18)17-10-4-2-9(15)3-5-10/h2-8H,1H3,(H,17,18). The fourth-order valence-electron chi connectivity index (χ4n) is 1.64.